The lowest BCUT2D eigenvalue weighted by Crippen LogP contribution is -2.32. The second-order valence-electron chi connectivity index (χ2n) is 7.14. The fourth-order valence-electron chi connectivity index (χ4n) is 3.59. The van der Waals surface area contributed by atoms with Gasteiger partial charge in [0.15, 0.2) is 0 Å². The van der Waals surface area contributed by atoms with Crippen LogP contribution in [-0.2, 0) is 0 Å². The number of rotatable bonds is 4. The number of carbonyl (C=O) groups excluding carboxylic acids is 2. The number of aryl methyl sites for hydroxylation is 3. The van der Waals surface area contributed by atoms with E-state index in [-0.39, 0.29) is 17.9 Å². The maximum atomic E-state index is 12.6. The van der Waals surface area contributed by atoms with Crippen LogP contribution in [0, 0.1) is 20.8 Å². The molecule has 1 saturated carbocycles. The van der Waals surface area contributed by atoms with Crippen LogP contribution in [0.2, 0.25) is 0 Å². The van der Waals surface area contributed by atoms with Crippen LogP contribution >= 0.6 is 0 Å². The average Bonchev–Trinajstić information content (AvgIpc) is 3.11. The maximum Gasteiger partial charge on any atom is 0.257 e. The predicted octanol–water partition coefficient (Wildman–Crippen LogP) is 3.93. The van der Waals surface area contributed by atoms with Crippen molar-refractivity contribution in [2.45, 2.75) is 52.5 Å². The molecule has 0 atom stereocenters. The van der Waals surface area contributed by atoms with Crippen LogP contribution < -0.4 is 10.6 Å². The van der Waals surface area contributed by atoms with Gasteiger partial charge in [0.2, 0.25) is 0 Å². The van der Waals surface area contributed by atoms with Gasteiger partial charge >= 0.3 is 0 Å². The molecule has 2 aromatic rings. The third-order valence-electron chi connectivity index (χ3n) is 4.87. The number of benzene rings is 1. The molecule has 2 N–H and O–H groups in total. The first-order chi connectivity index (χ1) is 12.4. The van der Waals surface area contributed by atoms with Gasteiger partial charge in [-0.05, 0) is 50.8 Å². The Morgan fingerprint density at radius 3 is 2.12 bits per heavy atom. The van der Waals surface area contributed by atoms with Crippen molar-refractivity contribution in [1.82, 2.24) is 10.3 Å². The summed E-state index contributed by atoms with van der Waals surface area (Å²) in [6, 6.07) is 5.90. The molecule has 1 heterocycles. The van der Waals surface area contributed by atoms with E-state index in [4.69, 9.17) is 0 Å². The maximum absolute atomic E-state index is 12.6. The average molecular weight is 351 g/mol. The molecule has 0 aliphatic heterocycles. The molecule has 1 aromatic heterocycles. The van der Waals surface area contributed by atoms with Crippen LogP contribution in [0.15, 0.2) is 30.6 Å². The van der Waals surface area contributed by atoms with Crippen LogP contribution in [0.5, 0.6) is 0 Å². The Labute approximate surface area is 154 Å². The fraction of sp³-hybridized carbons (Fsp3) is 0.381. The van der Waals surface area contributed by atoms with Gasteiger partial charge in [-0.3, -0.25) is 14.6 Å². The van der Waals surface area contributed by atoms with Crippen LogP contribution in [0.25, 0.3) is 0 Å². The van der Waals surface area contributed by atoms with E-state index in [2.05, 4.69) is 15.6 Å². The largest absolute Gasteiger partial charge is 0.349 e. The molecule has 136 valence electrons. The molecule has 0 saturated heterocycles. The minimum Gasteiger partial charge on any atom is -0.349 e. The SMILES string of the molecule is Cc1cc(C)c(NC(=O)c2cncc(C(=O)NC3CCCC3)c2)c(C)c1. The molecule has 26 heavy (non-hydrogen) atoms. The van der Waals surface area contributed by atoms with Crippen molar-refractivity contribution >= 4 is 17.5 Å². The monoisotopic (exact) mass is 351 g/mol. The summed E-state index contributed by atoms with van der Waals surface area (Å²) in [6.07, 6.45) is 7.34. The summed E-state index contributed by atoms with van der Waals surface area (Å²) in [7, 11) is 0. The second-order valence-corrected chi connectivity index (χ2v) is 7.14. The summed E-state index contributed by atoms with van der Waals surface area (Å²) in [5.74, 6) is -0.426. The third-order valence-corrected chi connectivity index (χ3v) is 4.87. The number of pyridine rings is 1. The molecule has 1 aromatic carbocycles. The fourth-order valence-corrected chi connectivity index (χ4v) is 3.59. The lowest BCUT2D eigenvalue weighted by molar-refractivity contribution is 0.0937. The van der Waals surface area contributed by atoms with Crippen molar-refractivity contribution < 1.29 is 9.59 Å². The van der Waals surface area contributed by atoms with Crippen LogP contribution in [0.1, 0.15) is 63.1 Å². The van der Waals surface area contributed by atoms with E-state index >= 15 is 0 Å². The number of aromatic nitrogens is 1. The molecule has 1 fully saturated rings. The van der Waals surface area contributed by atoms with Gasteiger partial charge in [-0.2, -0.15) is 0 Å². The Bertz CT molecular complexity index is 816. The number of amides is 2. The number of hydrogen-bond acceptors (Lipinski definition) is 3. The van der Waals surface area contributed by atoms with Gasteiger partial charge in [0.05, 0.1) is 11.1 Å². The Kier molecular flexibility index (Phi) is 5.35. The van der Waals surface area contributed by atoms with Gasteiger partial charge < -0.3 is 10.6 Å². The first-order valence-electron chi connectivity index (χ1n) is 9.09. The molecule has 1 aliphatic rings. The van der Waals surface area contributed by atoms with Crippen molar-refractivity contribution in [3.05, 3.63) is 58.4 Å². The number of hydrogen-bond donors (Lipinski definition) is 2. The lowest BCUT2D eigenvalue weighted by atomic mass is 10.0. The summed E-state index contributed by atoms with van der Waals surface area (Å²) in [4.78, 5) is 29.1. The zero-order valence-corrected chi connectivity index (χ0v) is 15.6. The minimum absolute atomic E-state index is 0.165. The number of anilines is 1. The molecule has 0 bridgehead atoms. The third kappa shape index (κ3) is 4.10. The topological polar surface area (TPSA) is 71.1 Å². The van der Waals surface area contributed by atoms with E-state index in [0.717, 1.165) is 48.1 Å². The van der Waals surface area contributed by atoms with Gasteiger partial charge in [0, 0.05) is 24.1 Å². The second kappa shape index (κ2) is 7.68. The highest BCUT2D eigenvalue weighted by Crippen LogP contribution is 2.23. The highest BCUT2D eigenvalue weighted by atomic mass is 16.2. The highest BCUT2D eigenvalue weighted by molar-refractivity contribution is 6.06. The minimum atomic E-state index is -0.261. The normalized spacial score (nSPS) is 14.3. The van der Waals surface area contributed by atoms with Crippen LogP contribution in [0.4, 0.5) is 5.69 Å². The van der Waals surface area contributed by atoms with Crippen molar-refractivity contribution in [1.29, 1.82) is 0 Å². The molecule has 2 amide bonds. The van der Waals surface area contributed by atoms with Crippen molar-refractivity contribution in [2.75, 3.05) is 5.32 Å². The quantitative estimate of drug-likeness (QED) is 0.877. The smallest absolute Gasteiger partial charge is 0.257 e. The summed E-state index contributed by atoms with van der Waals surface area (Å²) < 4.78 is 0. The van der Waals surface area contributed by atoms with E-state index in [0.29, 0.717) is 11.1 Å². The standard InChI is InChI=1S/C21H25N3O2/c1-13-8-14(2)19(15(3)9-13)24-21(26)17-10-16(11-22-12-17)20(25)23-18-6-4-5-7-18/h8-12,18H,4-7H2,1-3H3,(H,23,25)(H,24,26). The van der Waals surface area contributed by atoms with E-state index in [1.165, 1.54) is 12.4 Å². The zero-order valence-electron chi connectivity index (χ0n) is 15.6. The molecule has 5 nitrogen and oxygen atoms in total. The van der Waals surface area contributed by atoms with Gasteiger partial charge in [-0.1, -0.05) is 30.5 Å². The summed E-state index contributed by atoms with van der Waals surface area (Å²) in [6.45, 7) is 5.97. The molecular formula is C21H25N3O2. The van der Waals surface area contributed by atoms with E-state index in [9.17, 15) is 9.59 Å². The van der Waals surface area contributed by atoms with Gasteiger partial charge in [0.25, 0.3) is 11.8 Å². The lowest BCUT2D eigenvalue weighted by Gasteiger charge is -2.14. The summed E-state index contributed by atoms with van der Waals surface area (Å²) >= 11 is 0. The Morgan fingerprint density at radius 1 is 0.923 bits per heavy atom. The molecule has 3 rings (SSSR count). The number of nitrogens with one attached hydrogen (secondary N) is 2. The van der Waals surface area contributed by atoms with Crippen molar-refractivity contribution in [3.63, 3.8) is 0 Å². The highest BCUT2D eigenvalue weighted by Gasteiger charge is 2.19. The molecule has 5 heteroatoms. The van der Waals surface area contributed by atoms with Crippen LogP contribution in [0.3, 0.4) is 0 Å². The van der Waals surface area contributed by atoms with Gasteiger partial charge in [-0.25, -0.2) is 0 Å². The van der Waals surface area contributed by atoms with E-state index < -0.39 is 0 Å². The number of nitrogens with zero attached hydrogens (tertiary/aromatic N) is 1. The number of carbonyl (C=O) groups is 2. The van der Waals surface area contributed by atoms with E-state index in [1.807, 2.05) is 32.9 Å². The van der Waals surface area contributed by atoms with Gasteiger partial charge in [-0.15, -0.1) is 0 Å². The van der Waals surface area contributed by atoms with Crippen LogP contribution in [-0.4, -0.2) is 22.8 Å². The van der Waals surface area contributed by atoms with Gasteiger partial charge in [0.1, 0.15) is 0 Å². The first kappa shape index (κ1) is 18.1. The molecule has 0 spiro atoms. The van der Waals surface area contributed by atoms with Crippen molar-refractivity contribution in [3.8, 4) is 0 Å². The molecule has 0 unspecified atom stereocenters. The Balaban J connectivity index is 1.75. The Morgan fingerprint density at radius 2 is 1.50 bits per heavy atom. The zero-order chi connectivity index (χ0) is 18.7. The summed E-state index contributed by atoms with van der Waals surface area (Å²) in [5, 5.41) is 5.98. The summed E-state index contributed by atoms with van der Waals surface area (Å²) in [5.41, 5.74) is 4.79. The first-order valence-corrected chi connectivity index (χ1v) is 9.09. The molecule has 1 aliphatic carbocycles. The molecule has 0 radical (unpaired) electrons. The van der Waals surface area contributed by atoms with Crippen molar-refractivity contribution in [2.24, 2.45) is 0 Å². The van der Waals surface area contributed by atoms with E-state index in [1.54, 1.807) is 6.07 Å². The predicted molar refractivity (Wildman–Crippen MR) is 103 cm³/mol. The Hall–Kier alpha value is -2.69. The molecular weight excluding hydrogens is 326 g/mol.